The van der Waals surface area contributed by atoms with Crippen LogP contribution < -0.4 is 5.32 Å². The Labute approximate surface area is 113 Å². The molecule has 19 heavy (non-hydrogen) atoms. The summed E-state index contributed by atoms with van der Waals surface area (Å²) in [6, 6.07) is 3.08. The Balaban J connectivity index is 1.84. The maximum Gasteiger partial charge on any atom is 0.282 e. The lowest BCUT2D eigenvalue weighted by atomic mass is 10.2. The zero-order chi connectivity index (χ0) is 13.8. The molecule has 0 bridgehead atoms. The third-order valence-electron chi connectivity index (χ3n) is 2.59. The Hall–Kier alpha value is -1.63. The largest absolute Gasteiger partial charge is 0.350 e. The minimum absolute atomic E-state index is 0.0242. The van der Waals surface area contributed by atoms with Gasteiger partial charge in [0.05, 0.1) is 0 Å². The number of hydrogen-bond donors (Lipinski definition) is 1. The molecule has 0 unspecified atom stereocenters. The predicted molar refractivity (Wildman–Crippen MR) is 67.6 cm³/mol. The van der Waals surface area contributed by atoms with E-state index >= 15 is 0 Å². The van der Waals surface area contributed by atoms with Crippen LogP contribution in [0, 0.1) is 11.6 Å². The Morgan fingerprint density at radius 3 is 2.58 bits per heavy atom. The van der Waals surface area contributed by atoms with Crippen molar-refractivity contribution in [2.24, 2.45) is 0 Å². The molecule has 2 rings (SSSR count). The van der Waals surface area contributed by atoms with Crippen molar-refractivity contribution in [1.82, 2.24) is 10.2 Å². The van der Waals surface area contributed by atoms with Crippen LogP contribution in [-0.4, -0.2) is 34.9 Å². The fraction of sp³-hybridized carbons (Fsp3) is 0.333. The highest BCUT2D eigenvalue weighted by Gasteiger charge is 2.22. The van der Waals surface area contributed by atoms with Crippen LogP contribution in [0.2, 0.25) is 0 Å². The fourth-order valence-electron chi connectivity index (χ4n) is 1.71. The van der Waals surface area contributed by atoms with E-state index in [1.54, 1.807) is 0 Å². The molecule has 2 amide bonds. The molecule has 7 heteroatoms. The molecule has 1 N–H and O–H groups in total. The molecule has 1 aliphatic heterocycles. The minimum Gasteiger partial charge on any atom is -0.350 e. The zero-order valence-electron chi connectivity index (χ0n) is 9.99. The number of amides is 2. The second kappa shape index (κ2) is 6.01. The fourth-order valence-corrected chi connectivity index (χ4v) is 2.54. The van der Waals surface area contributed by atoms with E-state index in [1.165, 1.54) is 16.7 Å². The molecule has 0 saturated carbocycles. The number of thioether (sulfide) groups is 1. The van der Waals surface area contributed by atoms with Gasteiger partial charge in [0.2, 0.25) is 5.91 Å². The third kappa shape index (κ3) is 3.92. The van der Waals surface area contributed by atoms with Gasteiger partial charge in [0, 0.05) is 24.9 Å². The summed E-state index contributed by atoms with van der Waals surface area (Å²) in [5.74, 6) is -1.03. The number of nitrogens with zero attached hydrogens (tertiary/aromatic N) is 1. The van der Waals surface area contributed by atoms with Crippen LogP contribution >= 0.6 is 11.8 Å². The Morgan fingerprint density at radius 2 is 2.00 bits per heavy atom. The number of carbonyl (C=O) groups is 2. The van der Waals surface area contributed by atoms with Crippen LogP contribution in [0.1, 0.15) is 5.56 Å². The van der Waals surface area contributed by atoms with Crippen molar-refractivity contribution in [2.75, 3.05) is 18.8 Å². The van der Waals surface area contributed by atoms with Crippen LogP contribution in [0.25, 0.3) is 0 Å². The number of rotatable bonds is 4. The van der Waals surface area contributed by atoms with Crippen molar-refractivity contribution in [1.29, 1.82) is 0 Å². The quantitative estimate of drug-likeness (QED) is 0.917. The monoisotopic (exact) mass is 286 g/mol. The third-order valence-corrected chi connectivity index (χ3v) is 3.48. The number of halogens is 2. The van der Waals surface area contributed by atoms with Crippen molar-refractivity contribution in [3.8, 4) is 0 Å². The lowest BCUT2D eigenvalue weighted by molar-refractivity contribution is -0.121. The summed E-state index contributed by atoms with van der Waals surface area (Å²) in [7, 11) is 0. The summed E-state index contributed by atoms with van der Waals surface area (Å²) in [4.78, 5) is 24.3. The van der Waals surface area contributed by atoms with Gasteiger partial charge in [0.15, 0.2) is 0 Å². The molecule has 1 saturated heterocycles. The maximum absolute atomic E-state index is 12.9. The molecular formula is C12H12F2N2O2S. The molecule has 4 nitrogen and oxygen atoms in total. The standard InChI is InChI=1S/C12H12F2N2O2S/c13-9-3-8(4-10(14)5-9)6-15-11(17)7-16-1-2-19-12(16)18/h3-5H,1-2,6-7H2,(H,15,17). The van der Waals surface area contributed by atoms with Gasteiger partial charge in [-0.25, -0.2) is 8.78 Å². The van der Waals surface area contributed by atoms with Gasteiger partial charge in [-0.3, -0.25) is 9.59 Å². The van der Waals surface area contributed by atoms with E-state index in [4.69, 9.17) is 0 Å². The van der Waals surface area contributed by atoms with E-state index in [-0.39, 0.29) is 24.2 Å². The van der Waals surface area contributed by atoms with E-state index in [2.05, 4.69) is 5.32 Å². The molecule has 1 aromatic carbocycles. The summed E-state index contributed by atoms with van der Waals surface area (Å²) >= 11 is 1.17. The first kappa shape index (κ1) is 13.8. The summed E-state index contributed by atoms with van der Waals surface area (Å²) in [6.45, 7) is 0.553. The Morgan fingerprint density at radius 1 is 1.32 bits per heavy atom. The summed E-state index contributed by atoms with van der Waals surface area (Å²) in [5, 5.41) is 2.41. The zero-order valence-corrected chi connectivity index (χ0v) is 10.8. The lowest BCUT2D eigenvalue weighted by Gasteiger charge is -2.14. The first-order valence-corrected chi connectivity index (χ1v) is 6.66. The SMILES string of the molecule is O=C(CN1CCSC1=O)NCc1cc(F)cc(F)c1. The van der Waals surface area contributed by atoms with Gasteiger partial charge in [-0.05, 0) is 17.7 Å². The first-order valence-electron chi connectivity index (χ1n) is 5.68. The molecule has 1 fully saturated rings. The second-order valence-electron chi connectivity index (χ2n) is 4.09. The van der Waals surface area contributed by atoms with Crippen molar-refractivity contribution in [2.45, 2.75) is 6.54 Å². The van der Waals surface area contributed by atoms with Crippen LogP contribution in [0.4, 0.5) is 13.6 Å². The second-order valence-corrected chi connectivity index (χ2v) is 5.14. The van der Waals surface area contributed by atoms with Crippen molar-refractivity contribution >= 4 is 22.9 Å². The lowest BCUT2D eigenvalue weighted by Crippen LogP contribution is -2.36. The topological polar surface area (TPSA) is 49.4 Å². The predicted octanol–water partition coefficient (Wildman–Crippen LogP) is 1.75. The molecule has 0 atom stereocenters. The highest BCUT2D eigenvalue weighted by molar-refractivity contribution is 8.13. The molecule has 0 aliphatic carbocycles. The average molecular weight is 286 g/mol. The smallest absolute Gasteiger partial charge is 0.282 e. The van der Waals surface area contributed by atoms with Crippen molar-refractivity contribution in [3.63, 3.8) is 0 Å². The first-order chi connectivity index (χ1) is 9.04. The van der Waals surface area contributed by atoms with Gasteiger partial charge in [-0.2, -0.15) is 0 Å². The van der Waals surface area contributed by atoms with Crippen molar-refractivity contribution in [3.05, 3.63) is 35.4 Å². The van der Waals surface area contributed by atoms with Crippen molar-refractivity contribution < 1.29 is 18.4 Å². The summed E-state index contributed by atoms with van der Waals surface area (Å²) in [5.41, 5.74) is 0.341. The minimum atomic E-state index is -0.685. The van der Waals surface area contributed by atoms with Gasteiger partial charge in [0.1, 0.15) is 18.2 Å². The highest BCUT2D eigenvalue weighted by atomic mass is 32.2. The molecule has 1 aromatic rings. The van der Waals surface area contributed by atoms with Gasteiger partial charge in [0.25, 0.3) is 5.24 Å². The molecule has 102 valence electrons. The van der Waals surface area contributed by atoms with E-state index in [1.807, 2.05) is 0 Å². The number of carbonyl (C=O) groups excluding carboxylic acids is 2. The summed E-state index contributed by atoms with van der Waals surface area (Å²) < 4.78 is 25.8. The highest BCUT2D eigenvalue weighted by Crippen LogP contribution is 2.16. The van der Waals surface area contributed by atoms with E-state index in [0.29, 0.717) is 17.9 Å². The van der Waals surface area contributed by atoms with E-state index in [9.17, 15) is 18.4 Å². The maximum atomic E-state index is 12.9. The molecule has 1 heterocycles. The Kier molecular flexibility index (Phi) is 4.36. The van der Waals surface area contributed by atoms with Gasteiger partial charge >= 0.3 is 0 Å². The number of nitrogens with one attached hydrogen (secondary N) is 1. The van der Waals surface area contributed by atoms with Gasteiger partial charge in [-0.1, -0.05) is 11.8 Å². The average Bonchev–Trinajstić information content (AvgIpc) is 2.71. The van der Waals surface area contributed by atoms with Crippen LogP contribution in [-0.2, 0) is 11.3 Å². The van der Waals surface area contributed by atoms with Crippen LogP contribution in [0.3, 0.4) is 0 Å². The van der Waals surface area contributed by atoms with Gasteiger partial charge in [-0.15, -0.1) is 0 Å². The molecule has 1 aliphatic rings. The van der Waals surface area contributed by atoms with Crippen LogP contribution in [0.5, 0.6) is 0 Å². The molecular weight excluding hydrogens is 274 g/mol. The summed E-state index contributed by atoms with van der Waals surface area (Å²) in [6.07, 6.45) is 0. The number of hydrogen-bond acceptors (Lipinski definition) is 3. The Bertz CT molecular complexity index is 490. The van der Waals surface area contributed by atoms with E-state index < -0.39 is 11.6 Å². The molecule has 0 aromatic heterocycles. The normalized spacial score (nSPS) is 14.8. The van der Waals surface area contributed by atoms with Crippen LogP contribution in [0.15, 0.2) is 18.2 Å². The number of benzene rings is 1. The molecule has 0 spiro atoms. The van der Waals surface area contributed by atoms with E-state index in [0.717, 1.165) is 18.2 Å². The van der Waals surface area contributed by atoms with Gasteiger partial charge < -0.3 is 10.2 Å². The molecule has 0 radical (unpaired) electrons.